The first-order valence-corrected chi connectivity index (χ1v) is 11.3. The van der Waals surface area contributed by atoms with Crippen LogP contribution in [0.3, 0.4) is 0 Å². The molecule has 0 amide bonds. The Kier molecular flexibility index (Phi) is 8.19. The molecule has 1 aliphatic heterocycles. The summed E-state index contributed by atoms with van der Waals surface area (Å²) < 4.78 is 8.84. The van der Waals surface area contributed by atoms with E-state index in [9.17, 15) is 24.9 Å². The summed E-state index contributed by atoms with van der Waals surface area (Å²) in [5, 5.41) is 31.9. The molecule has 2 aromatic rings. The summed E-state index contributed by atoms with van der Waals surface area (Å²) in [5.74, 6) is 0. The molecule has 0 bridgehead atoms. The molecule has 0 saturated carbocycles. The number of aliphatic hydroxyl groups is 3. The zero-order valence-electron chi connectivity index (χ0n) is 19.4. The van der Waals surface area contributed by atoms with Crippen molar-refractivity contribution < 1.29 is 24.6 Å². The SMILES string of the molecule is Cc1cc(C)c(C(O)CCC2OC(n3cc(CCCCN)c(=O)[nH]c3=O)C(O)C2O)[n+](C)c1. The highest BCUT2D eigenvalue weighted by Gasteiger charge is 2.44. The summed E-state index contributed by atoms with van der Waals surface area (Å²) >= 11 is 0. The molecule has 0 aromatic carbocycles. The Morgan fingerprint density at radius 3 is 2.64 bits per heavy atom. The first-order chi connectivity index (χ1) is 15.6. The smallest absolute Gasteiger partial charge is 0.330 e. The van der Waals surface area contributed by atoms with Crippen LogP contribution in [0.2, 0.25) is 0 Å². The maximum Gasteiger partial charge on any atom is 0.330 e. The Labute approximate surface area is 192 Å². The van der Waals surface area contributed by atoms with E-state index in [0.717, 1.165) is 27.8 Å². The zero-order chi connectivity index (χ0) is 24.3. The molecule has 182 valence electrons. The van der Waals surface area contributed by atoms with Gasteiger partial charge in [-0.1, -0.05) is 0 Å². The fourth-order valence-corrected chi connectivity index (χ4v) is 4.61. The summed E-state index contributed by atoms with van der Waals surface area (Å²) in [6, 6.07) is 1.99. The van der Waals surface area contributed by atoms with Crippen LogP contribution < -0.4 is 21.5 Å². The molecule has 3 rings (SSSR count). The number of aromatic amines is 1. The summed E-state index contributed by atoms with van der Waals surface area (Å²) in [7, 11) is 1.87. The predicted molar refractivity (Wildman–Crippen MR) is 121 cm³/mol. The van der Waals surface area contributed by atoms with Crippen molar-refractivity contribution in [3.05, 3.63) is 61.7 Å². The largest absolute Gasteiger partial charge is 0.388 e. The van der Waals surface area contributed by atoms with Crippen LogP contribution in [0, 0.1) is 13.8 Å². The number of hydrogen-bond donors (Lipinski definition) is 5. The van der Waals surface area contributed by atoms with Gasteiger partial charge >= 0.3 is 5.69 Å². The lowest BCUT2D eigenvalue weighted by molar-refractivity contribution is -0.683. The van der Waals surface area contributed by atoms with Crippen LogP contribution in [0.4, 0.5) is 0 Å². The summed E-state index contributed by atoms with van der Waals surface area (Å²) in [5.41, 5.74) is 7.49. The van der Waals surface area contributed by atoms with Crippen LogP contribution in [0.1, 0.15) is 60.4 Å². The Morgan fingerprint density at radius 2 is 1.97 bits per heavy atom. The van der Waals surface area contributed by atoms with Gasteiger partial charge in [-0.2, -0.15) is 0 Å². The minimum absolute atomic E-state index is 0.269. The van der Waals surface area contributed by atoms with E-state index in [1.54, 1.807) is 0 Å². The standard InChI is InChI=1S/C23H34N4O6/c1-13-10-14(2)18(26(3)11-13)16(28)7-8-17-19(29)20(30)22(33-17)27-12-15(6-4-5-9-24)21(31)25-23(27)32/h10-12,16-17,19-20,22,28-30H,4-9,24H2,1-3H3/p+1. The maximum absolute atomic E-state index is 12.4. The van der Waals surface area contributed by atoms with Gasteiger partial charge in [0.05, 0.1) is 6.10 Å². The molecule has 10 heteroatoms. The molecule has 0 radical (unpaired) electrons. The highest BCUT2D eigenvalue weighted by atomic mass is 16.6. The molecular formula is C23H35N4O6+. The molecule has 5 unspecified atom stereocenters. The van der Waals surface area contributed by atoms with Crippen molar-refractivity contribution in [2.24, 2.45) is 12.8 Å². The first-order valence-electron chi connectivity index (χ1n) is 11.3. The fourth-order valence-electron chi connectivity index (χ4n) is 4.61. The number of nitrogens with zero attached hydrogens (tertiary/aromatic N) is 2. The minimum Gasteiger partial charge on any atom is -0.388 e. The number of nitrogens with one attached hydrogen (secondary N) is 1. The van der Waals surface area contributed by atoms with Crippen LogP contribution in [-0.4, -0.2) is 49.7 Å². The number of aliphatic hydroxyl groups excluding tert-OH is 3. The predicted octanol–water partition coefficient (Wildman–Crippen LogP) is -0.608. The lowest BCUT2D eigenvalue weighted by Crippen LogP contribution is -2.38. The molecule has 0 spiro atoms. The van der Waals surface area contributed by atoms with E-state index in [1.807, 2.05) is 37.7 Å². The molecule has 2 aromatic heterocycles. The van der Waals surface area contributed by atoms with Crippen LogP contribution in [0.15, 0.2) is 28.0 Å². The maximum atomic E-state index is 12.4. The summed E-state index contributed by atoms with van der Waals surface area (Å²) in [6.45, 7) is 4.41. The number of ether oxygens (including phenoxy) is 1. The van der Waals surface area contributed by atoms with E-state index < -0.39 is 41.9 Å². The highest BCUT2D eigenvalue weighted by molar-refractivity contribution is 5.20. The molecule has 1 fully saturated rings. The van der Waals surface area contributed by atoms with Crippen LogP contribution >= 0.6 is 0 Å². The summed E-state index contributed by atoms with van der Waals surface area (Å²) in [4.78, 5) is 26.8. The minimum atomic E-state index is -1.36. The second-order valence-corrected chi connectivity index (χ2v) is 8.90. The molecule has 3 heterocycles. The van der Waals surface area contributed by atoms with Gasteiger partial charge in [0.15, 0.2) is 12.4 Å². The number of rotatable bonds is 9. The average molecular weight is 464 g/mol. The molecule has 1 aliphatic rings. The van der Waals surface area contributed by atoms with Gasteiger partial charge in [-0.25, -0.2) is 9.36 Å². The normalized spacial score (nSPS) is 23.7. The van der Waals surface area contributed by atoms with Gasteiger partial charge < -0.3 is 25.8 Å². The molecule has 5 atom stereocenters. The molecule has 10 nitrogen and oxygen atoms in total. The second-order valence-electron chi connectivity index (χ2n) is 8.90. The van der Waals surface area contributed by atoms with Crippen molar-refractivity contribution in [3.8, 4) is 0 Å². The van der Waals surface area contributed by atoms with Crippen LogP contribution in [-0.2, 0) is 18.2 Å². The van der Waals surface area contributed by atoms with Crippen molar-refractivity contribution in [1.29, 1.82) is 0 Å². The third-order valence-electron chi connectivity index (χ3n) is 6.22. The Balaban J connectivity index is 1.73. The number of aromatic nitrogens is 3. The number of nitrogens with two attached hydrogens (primary N) is 1. The third kappa shape index (κ3) is 5.59. The van der Waals surface area contributed by atoms with Crippen molar-refractivity contribution in [3.63, 3.8) is 0 Å². The van der Waals surface area contributed by atoms with Gasteiger partial charge in [0.1, 0.15) is 25.4 Å². The Bertz CT molecular complexity index is 1060. The Morgan fingerprint density at radius 1 is 1.24 bits per heavy atom. The van der Waals surface area contributed by atoms with E-state index in [2.05, 4.69) is 4.98 Å². The number of pyridine rings is 1. The van der Waals surface area contributed by atoms with E-state index in [1.165, 1.54) is 6.20 Å². The van der Waals surface area contributed by atoms with Gasteiger partial charge in [0.25, 0.3) is 5.56 Å². The van der Waals surface area contributed by atoms with E-state index >= 15 is 0 Å². The monoisotopic (exact) mass is 463 g/mol. The number of aryl methyl sites for hydroxylation is 4. The van der Waals surface area contributed by atoms with Crippen LogP contribution in [0.25, 0.3) is 0 Å². The van der Waals surface area contributed by atoms with Crippen molar-refractivity contribution in [1.82, 2.24) is 9.55 Å². The number of unbranched alkanes of at least 4 members (excludes halogenated alkanes) is 1. The molecule has 33 heavy (non-hydrogen) atoms. The van der Waals surface area contributed by atoms with Crippen molar-refractivity contribution in [2.45, 2.75) is 76.6 Å². The van der Waals surface area contributed by atoms with Crippen molar-refractivity contribution >= 4 is 0 Å². The Hall–Kier alpha value is -2.37. The van der Waals surface area contributed by atoms with Crippen LogP contribution in [0.5, 0.6) is 0 Å². The fraction of sp³-hybridized carbons (Fsp3) is 0.609. The van der Waals surface area contributed by atoms with Gasteiger partial charge in [-0.05, 0) is 58.6 Å². The highest BCUT2D eigenvalue weighted by Crippen LogP contribution is 2.32. The molecule has 6 N–H and O–H groups in total. The van der Waals surface area contributed by atoms with E-state index in [0.29, 0.717) is 31.4 Å². The lowest BCUT2D eigenvalue weighted by Gasteiger charge is -2.18. The zero-order valence-corrected chi connectivity index (χ0v) is 19.4. The summed E-state index contributed by atoms with van der Waals surface area (Å²) in [6.07, 6.45) is 0.423. The molecular weight excluding hydrogens is 428 g/mol. The average Bonchev–Trinajstić information content (AvgIpc) is 3.01. The van der Waals surface area contributed by atoms with Crippen molar-refractivity contribution in [2.75, 3.05) is 6.54 Å². The molecule has 0 aliphatic carbocycles. The molecule has 1 saturated heterocycles. The quantitative estimate of drug-likeness (QED) is 0.245. The van der Waals surface area contributed by atoms with Gasteiger partial charge in [0, 0.05) is 22.9 Å². The first kappa shape index (κ1) is 25.3. The lowest BCUT2D eigenvalue weighted by atomic mass is 9.99. The number of hydrogen-bond acceptors (Lipinski definition) is 7. The second kappa shape index (κ2) is 10.7. The van der Waals surface area contributed by atoms with Gasteiger partial charge in [0.2, 0.25) is 5.69 Å². The van der Waals surface area contributed by atoms with E-state index in [4.69, 9.17) is 10.5 Å². The van der Waals surface area contributed by atoms with Gasteiger partial charge in [-0.3, -0.25) is 14.3 Å². The third-order valence-corrected chi connectivity index (χ3v) is 6.22. The topological polar surface area (TPSA) is 155 Å². The van der Waals surface area contributed by atoms with E-state index in [-0.39, 0.29) is 6.42 Å². The number of H-pyrrole nitrogens is 1. The van der Waals surface area contributed by atoms with Gasteiger partial charge in [-0.15, -0.1) is 0 Å².